The Morgan fingerprint density at radius 1 is 1.17 bits per heavy atom. The molecule has 1 aromatic carbocycles. The van der Waals surface area contributed by atoms with E-state index in [1.165, 1.54) is 18.4 Å². The van der Waals surface area contributed by atoms with E-state index in [4.69, 9.17) is 5.73 Å². The highest BCUT2D eigenvalue weighted by molar-refractivity contribution is 5.47. The minimum absolute atomic E-state index is 0.0369. The Morgan fingerprint density at radius 2 is 1.72 bits per heavy atom. The standard InChI is InChI=1S/C16H25NO/c1-11-9-13(15(2,3)4)14(18)10-12(11)16(17)7-5-6-8-16/h9-10,18H,5-8,17H2,1-4H3. The van der Waals surface area contributed by atoms with E-state index in [9.17, 15) is 5.11 Å². The van der Waals surface area contributed by atoms with Crippen molar-refractivity contribution in [2.75, 3.05) is 0 Å². The zero-order valence-corrected chi connectivity index (χ0v) is 12.0. The summed E-state index contributed by atoms with van der Waals surface area (Å²) in [7, 11) is 0. The van der Waals surface area contributed by atoms with Crippen LogP contribution in [0.1, 0.15) is 63.1 Å². The molecule has 1 aromatic rings. The van der Waals surface area contributed by atoms with E-state index >= 15 is 0 Å². The van der Waals surface area contributed by atoms with Crippen LogP contribution < -0.4 is 5.73 Å². The highest BCUT2D eigenvalue weighted by Gasteiger charge is 2.33. The zero-order valence-electron chi connectivity index (χ0n) is 12.0. The van der Waals surface area contributed by atoms with Crippen molar-refractivity contribution >= 4 is 0 Å². The number of hydrogen-bond donors (Lipinski definition) is 2. The molecule has 1 saturated carbocycles. The molecule has 2 rings (SSSR count). The zero-order chi connectivity index (χ0) is 13.6. The van der Waals surface area contributed by atoms with E-state index in [0.29, 0.717) is 5.75 Å². The SMILES string of the molecule is Cc1cc(C(C)(C)C)c(O)cc1C1(N)CCCC1. The van der Waals surface area contributed by atoms with Crippen molar-refractivity contribution in [2.24, 2.45) is 5.73 Å². The Labute approximate surface area is 110 Å². The number of phenols is 1. The van der Waals surface area contributed by atoms with Crippen molar-refractivity contribution in [3.63, 3.8) is 0 Å². The van der Waals surface area contributed by atoms with Crippen LogP contribution in [0.2, 0.25) is 0 Å². The van der Waals surface area contributed by atoms with E-state index in [2.05, 4.69) is 33.8 Å². The molecule has 0 aromatic heterocycles. The second kappa shape index (κ2) is 4.27. The molecule has 0 spiro atoms. The van der Waals surface area contributed by atoms with Crippen LogP contribution in [-0.2, 0) is 11.0 Å². The predicted octanol–water partition coefficient (Wildman–Crippen LogP) is 3.73. The first-order chi connectivity index (χ1) is 8.24. The molecule has 0 heterocycles. The average Bonchev–Trinajstić information content (AvgIpc) is 2.67. The third kappa shape index (κ3) is 2.26. The summed E-state index contributed by atoms with van der Waals surface area (Å²) in [5.41, 5.74) is 9.58. The molecule has 3 N–H and O–H groups in total. The quantitative estimate of drug-likeness (QED) is 0.794. The third-order valence-corrected chi connectivity index (χ3v) is 4.18. The lowest BCUT2D eigenvalue weighted by molar-refractivity contribution is 0.429. The minimum Gasteiger partial charge on any atom is -0.508 e. The molecule has 1 aliphatic rings. The Morgan fingerprint density at radius 3 is 2.22 bits per heavy atom. The molecule has 0 atom stereocenters. The van der Waals surface area contributed by atoms with Crippen LogP contribution in [0.5, 0.6) is 5.75 Å². The molecular weight excluding hydrogens is 222 g/mol. The molecule has 0 bridgehead atoms. The molecular formula is C16H25NO. The van der Waals surface area contributed by atoms with Gasteiger partial charge in [-0.1, -0.05) is 39.7 Å². The van der Waals surface area contributed by atoms with Gasteiger partial charge in [-0.25, -0.2) is 0 Å². The number of aromatic hydroxyl groups is 1. The summed E-state index contributed by atoms with van der Waals surface area (Å²) in [4.78, 5) is 0. The lowest BCUT2D eigenvalue weighted by Gasteiger charge is -2.29. The highest BCUT2D eigenvalue weighted by atomic mass is 16.3. The van der Waals surface area contributed by atoms with Crippen LogP contribution in [0.25, 0.3) is 0 Å². The largest absolute Gasteiger partial charge is 0.508 e. The van der Waals surface area contributed by atoms with Crippen molar-refractivity contribution in [1.29, 1.82) is 0 Å². The van der Waals surface area contributed by atoms with Gasteiger partial charge in [-0.3, -0.25) is 0 Å². The van der Waals surface area contributed by atoms with Gasteiger partial charge >= 0.3 is 0 Å². The first kappa shape index (κ1) is 13.4. The summed E-state index contributed by atoms with van der Waals surface area (Å²) in [6, 6.07) is 4.01. The molecule has 2 nitrogen and oxygen atoms in total. The number of rotatable bonds is 1. The minimum atomic E-state index is -0.224. The summed E-state index contributed by atoms with van der Waals surface area (Å²) < 4.78 is 0. The summed E-state index contributed by atoms with van der Waals surface area (Å²) in [5.74, 6) is 0.389. The van der Waals surface area contributed by atoms with E-state index in [0.717, 1.165) is 24.0 Å². The van der Waals surface area contributed by atoms with Crippen molar-refractivity contribution in [3.05, 3.63) is 28.8 Å². The number of phenolic OH excluding ortho intramolecular Hbond substituents is 1. The van der Waals surface area contributed by atoms with E-state index in [1.807, 2.05) is 6.07 Å². The summed E-state index contributed by atoms with van der Waals surface area (Å²) in [6.45, 7) is 8.47. The van der Waals surface area contributed by atoms with Gasteiger partial charge in [0.2, 0.25) is 0 Å². The second-order valence-corrected chi connectivity index (χ2v) is 6.80. The van der Waals surface area contributed by atoms with Crippen LogP contribution in [0, 0.1) is 6.92 Å². The lowest BCUT2D eigenvalue weighted by Crippen LogP contribution is -2.34. The normalized spacial score (nSPS) is 19.2. The first-order valence-electron chi connectivity index (χ1n) is 6.87. The molecule has 0 radical (unpaired) electrons. The van der Waals surface area contributed by atoms with Crippen LogP contribution in [0.15, 0.2) is 12.1 Å². The number of hydrogen-bond acceptors (Lipinski definition) is 2. The Kier molecular flexibility index (Phi) is 3.18. The fourth-order valence-corrected chi connectivity index (χ4v) is 3.11. The number of nitrogens with two attached hydrogens (primary N) is 1. The van der Waals surface area contributed by atoms with Crippen molar-refractivity contribution in [1.82, 2.24) is 0 Å². The van der Waals surface area contributed by atoms with Gasteiger partial charge in [0.15, 0.2) is 0 Å². The molecule has 0 aliphatic heterocycles. The van der Waals surface area contributed by atoms with E-state index in [1.54, 1.807) is 0 Å². The van der Waals surface area contributed by atoms with Crippen LogP contribution >= 0.6 is 0 Å². The van der Waals surface area contributed by atoms with E-state index < -0.39 is 0 Å². The van der Waals surface area contributed by atoms with Gasteiger partial charge in [-0.2, -0.15) is 0 Å². The van der Waals surface area contributed by atoms with Crippen LogP contribution in [-0.4, -0.2) is 5.11 Å². The third-order valence-electron chi connectivity index (χ3n) is 4.18. The van der Waals surface area contributed by atoms with Crippen molar-refractivity contribution in [2.45, 2.75) is 64.3 Å². The predicted molar refractivity (Wildman–Crippen MR) is 75.9 cm³/mol. The second-order valence-electron chi connectivity index (χ2n) is 6.80. The van der Waals surface area contributed by atoms with Crippen LogP contribution in [0.3, 0.4) is 0 Å². The average molecular weight is 247 g/mol. The monoisotopic (exact) mass is 247 g/mol. The van der Waals surface area contributed by atoms with Crippen LogP contribution in [0.4, 0.5) is 0 Å². The molecule has 100 valence electrons. The molecule has 2 heteroatoms. The molecule has 0 amide bonds. The van der Waals surface area contributed by atoms with E-state index in [-0.39, 0.29) is 11.0 Å². The maximum Gasteiger partial charge on any atom is 0.119 e. The van der Waals surface area contributed by atoms with Gasteiger partial charge < -0.3 is 10.8 Å². The number of aryl methyl sites for hydroxylation is 1. The Balaban J connectivity index is 2.50. The van der Waals surface area contributed by atoms with Gasteiger partial charge in [-0.05, 0) is 47.9 Å². The fraction of sp³-hybridized carbons (Fsp3) is 0.625. The van der Waals surface area contributed by atoms with Crippen molar-refractivity contribution in [3.8, 4) is 5.75 Å². The molecule has 0 saturated heterocycles. The summed E-state index contributed by atoms with van der Waals surface area (Å²) in [5, 5.41) is 10.3. The smallest absolute Gasteiger partial charge is 0.119 e. The topological polar surface area (TPSA) is 46.2 Å². The highest BCUT2D eigenvalue weighted by Crippen LogP contribution is 2.41. The Bertz CT molecular complexity index is 451. The maximum absolute atomic E-state index is 10.3. The van der Waals surface area contributed by atoms with Crippen molar-refractivity contribution < 1.29 is 5.11 Å². The first-order valence-corrected chi connectivity index (χ1v) is 6.87. The Hall–Kier alpha value is -1.02. The maximum atomic E-state index is 10.3. The molecule has 0 unspecified atom stereocenters. The van der Waals surface area contributed by atoms with Gasteiger partial charge in [0.1, 0.15) is 5.75 Å². The fourth-order valence-electron chi connectivity index (χ4n) is 3.11. The van der Waals surface area contributed by atoms with Gasteiger partial charge in [-0.15, -0.1) is 0 Å². The molecule has 1 fully saturated rings. The van der Waals surface area contributed by atoms with Gasteiger partial charge in [0.25, 0.3) is 0 Å². The number of benzene rings is 1. The van der Waals surface area contributed by atoms with Gasteiger partial charge in [0.05, 0.1) is 0 Å². The molecule has 18 heavy (non-hydrogen) atoms. The van der Waals surface area contributed by atoms with Gasteiger partial charge in [0, 0.05) is 5.54 Å². The lowest BCUT2D eigenvalue weighted by atomic mass is 9.80. The molecule has 1 aliphatic carbocycles. The summed E-state index contributed by atoms with van der Waals surface area (Å²) >= 11 is 0. The summed E-state index contributed by atoms with van der Waals surface area (Å²) in [6.07, 6.45) is 4.44.